The molecule has 0 aromatic heterocycles. The van der Waals surface area contributed by atoms with Crippen molar-refractivity contribution in [3.63, 3.8) is 0 Å². The molecule has 1 saturated heterocycles. The summed E-state index contributed by atoms with van der Waals surface area (Å²) in [6.07, 6.45) is 1.34. The summed E-state index contributed by atoms with van der Waals surface area (Å²) in [5, 5.41) is 3.44. The van der Waals surface area contributed by atoms with Crippen LogP contribution >= 0.6 is 15.9 Å². The van der Waals surface area contributed by atoms with E-state index >= 15 is 0 Å². The van der Waals surface area contributed by atoms with E-state index in [0.29, 0.717) is 19.4 Å². The van der Waals surface area contributed by atoms with Crippen molar-refractivity contribution >= 4 is 31.5 Å². The maximum atomic E-state index is 11.4. The molecular formula is C13H18BrNO3S. The lowest BCUT2D eigenvalue weighted by Crippen LogP contribution is -2.32. The third kappa shape index (κ3) is 3.94. The maximum absolute atomic E-state index is 11.4. The first kappa shape index (κ1) is 14.8. The smallest absolute Gasteiger partial charge is 0.150 e. The summed E-state index contributed by atoms with van der Waals surface area (Å²) in [4.78, 5) is 0. The number of hydrogen-bond donors (Lipinski definition) is 1. The van der Waals surface area contributed by atoms with Gasteiger partial charge in [0, 0.05) is 28.9 Å². The van der Waals surface area contributed by atoms with Crippen molar-refractivity contribution in [2.75, 3.05) is 23.9 Å². The SMILES string of the molecule is COCc1c(Br)cccc1NC1CCS(=O)(=O)CC1. The summed E-state index contributed by atoms with van der Waals surface area (Å²) >= 11 is 3.52. The van der Waals surface area contributed by atoms with E-state index in [0.717, 1.165) is 15.7 Å². The fourth-order valence-electron chi connectivity index (χ4n) is 2.24. The molecule has 2 rings (SSSR count). The molecule has 0 spiro atoms. The number of rotatable bonds is 4. The summed E-state index contributed by atoms with van der Waals surface area (Å²) in [6.45, 7) is 0.523. The number of hydrogen-bond acceptors (Lipinski definition) is 4. The molecule has 1 aromatic rings. The minimum absolute atomic E-state index is 0.216. The van der Waals surface area contributed by atoms with Crippen molar-refractivity contribution < 1.29 is 13.2 Å². The largest absolute Gasteiger partial charge is 0.382 e. The Bertz CT molecular complexity index is 531. The van der Waals surface area contributed by atoms with Crippen molar-refractivity contribution in [1.82, 2.24) is 0 Å². The normalized spacial score (nSPS) is 19.3. The lowest BCUT2D eigenvalue weighted by molar-refractivity contribution is 0.185. The number of nitrogens with one attached hydrogen (secondary N) is 1. The molecule has 0 atom stereocenters. The molecule has 0 radical (unpaired) electrons. The van der Waals surface area contributed by atoms with Gasteiger partial charge in [-0.25, -0.2) is 8.42 Å². The predicted molar refractivity (Wildman–Crippen MR) is 80.2 cm³/mol. The van der Waals surface area contributed by atoms with E-state index < -0.39 is 9.84 Å². The number of ether oxygens (including phenoxy) is 1. The van der Waals surface area contributed by atoms with Crippen LogP contribution in [0.25, 0.3) is 0 Å². The van der Waals surface area contributed by atoms with Crippen LogP contribution in [-0.2, 0) is 21.2 Å². The standard InChI is InChI=1S/C13H18BrNO3S/c1-18-9-11-12(14)3-2-4-13(11)15-10-5-7-19(16,17)8-6-10/h2-4,10,15H,5-9H2,1H3. The molecular weight excluding hydrogens is 330 g/mol. The maximum Gasteiger partial charge on any atom is 0.150 e. The molecule has 1 heterocycles. The molecule has 1 aliphatic rings. The zero-order valence-corrected chi connectivity index (χ0v) is 13.3. The quantitative estimate of drug-likeness (QED) is 0.909. The Morgan fingerprint density at radius 3 is 2.68 bits per heavy atom. The third-order valence-electron chi connectivity index (χ3n) is 3.32. The molecule has 4 nitrogen and oxygen atoms in total. The summed E-state index contributed by atoms with van der Waals surface area (Å²) in [5.41, 5.74) is 2.08. The first-order valence-corrected chi connectivity index (χ1v) is 8.86. The lowest BCUT2D eigenvalue weighted by atomic mass is 10.1. The number of anilines is 1. The summed E-state index contributed by atoms with van der Waals surface area (Å²) in [5.74, 6) is 0.552. The number of benzene rings is 1. The topological polar surface area (TPSA) is 55.4 Å². The van der Waals surface area contributed by atoms with E-state index in [9.17, 15) is 8.42 Å². The molecule has 0 aliphatic carbocycles. The number of methoxy groups -OCH3 is 1. The zero-order valence-electron chi connectivity index (χ0n) is 10.9. The van der Waals surface area contributed by atoms with Gasteiger partial charge in [-0.05, 0) is 25.0 Å². The van der Waals surface area contributed by atoms with Gasteiger partial charge in [0.1, 0.15) is 9.84 Å². The van der Waals surface area contributed by atoms with Crippen LogP contribution < -0.4 is 5.32 Å². The molecule has 0 saturated carbocycles. The molecule has 1 fully saturated rings. The zero-order chi connectivity index (χ0) is 13.9. The van der Waals surface area contributed by atoms with Gasteiger partial charge in [-0.3, -0.25) is 0 Å². The molecule has 1 aromatic carbocycles. The van der Waals surface area contributed by atoms with E-state index in [4.69, 9.17) is 4.74 Å². The average Bonchev–Trinajstić information content (AvgIpc) is 2.36. The van der Waals surface area contributed by atoms with Crippen molar-refractivity contribution in [3.8, 4) is 0 Å². The van der Waals surface area contributed by atoms with Gasteiger partial charge in [0.25, 0.3) is 0 Å². The first-order valence-electron chi connectivity index (χ1n) is 6.25. The van der Waals surface area contributed by atoms with E-state index in [2.05, 4.69) is 21.2 Å². The van der Waals surface area contributed by atoms with Crippen LogP contribution in [0.2, 0.25) is 0 Å². The Balaban J connectivity index is 2.09. The van der Waals surface area contributed by atoms with Crippen LogP contribution in [0.5, 0.6) is 0 Å². The van der Waals surface area contributed by atoms with E-state index in [-0.39, 0.29) is 17.5 Å². The highest BCUT2D eigenvalue weighted by Crippen LogP contribution is 2.27. The molecule has 0 unspecified atom stereocenters. The van der Waals surface area contributed by atoms with Gasteiger partial charge < -0.3 is 10.1 Å². The first-order chi connectivity index (χ1) is 9.02. The molecule has 19 heavy (non-hydrogen) atoms. The van der Waals surface area contributed by atoms with Crippen LogP contribution in [0.1, 0.15) is 18.4 Å². The van der Waals surface area contributed by atoms with E-state index in [1.54, 1.807) is 7.11 Å². The van der Waals surface area contributed by atoms with Crippen molar-refractivity contribution in [2.45, 2.75) is 25.5 Å². The van der Waals surface area contributed by atoms with Gasteiger partial charge in [-0.15, -0.1) is 0 Å². The van der Waals surface area contributed by atoms with Gasteiger partial charge in [0.05, 0.1) is 18.1 Å². The minimum Gasteiger partial charge on any atom is -0.382 e. The third-order valence-corrected chi connectivity index (χ3v) is 5.78. The highest BCUT2D eigenvalue weighted by atomic mass is 79.9. The predicted octanol–water partition coefficient (Wildman–Crippen LogP) is 2.58. The fourth-order valence-corrected chi connectivity index (χ4v) is 4.21. The highest BCUT2D eigenvalue weighted by Gasteiger charge is 2.24. The Morgan fingerprint density at radius 2 is 2.05 bits per heavy atom. The van der Waals surface area contributed by atoms with Crippen LogP contribution in [0, 0.1) is 0 Å². The van der Waals surface area contributed by atoms with Crippen molar-refractivity contribution in [3.05, 3.63) is 28.2 Å². The molecule has 1 aliphatic heterocycles. The Morgan fingerprint density at radius 1 is 1.37 bits per heavy atom. The van der Waals surface area contributed by atoms with Crippen molar-refractivity contribution in [2.24, 2.45) is 0 Å². The van der Waals surface area contributed by atoms with E-state index in [1.807, 2.05) is 18.2 Å². The average molecular weight is 348 g/mol. The van der Waals surface area contributed by atoms with Crippen LogP contribution in [0.15, 0.2) is 22.7 Å². The second kappa shape index (κ2) is 6.24. The Kier molecular flexibility index (Phi) is 4.86. The van der Waals surface area contributed by atoms with Gasteiger partial charge in [-0.2, -0.15) is 0 Å². The van der Waals surface area contributed by atoms with Gasteiger partial charge in [0.15, 0.2) is 0 Å². The van der Waals surface area contributed by atoms with Crippen LogP contribution in [0.4, 0.5) is 5.69 Å². The van der Waals surface area contributed by atoms with Crippen LogP contribution in [0.3, 0.4) is 0 Å². The Hall–Kier alpha value is -0.590. The molecule has 6 heteroatoms. The molecule has 1 N–H and O–H groups in total. The van der Waals surface area contributed by atoms with Crippen LogP contribution in [-0.4, -0.2) is 33.1 Å². The highest BCUT2D eigenvalue weighted by molar-refractivity contribution is 9.10. The van der Waals surface area contributed by atoms with Gasteiger partial charge >= 0.3 is 0 Å². The second-order valence-electron chi connectivity index (χ2n) is 4.77. The van der Waals surface area contributed by atoms with E-state index in [1.165, 1.54) is 0 Å². The second-order valence-corrected chi connectivity index (χ2v) is 7.93. The lowest BCUT2D eigenvalue weighted by Gasteiger charge is -2.25. The summed E-state index contributed by atoms with van der Waals surface area (Å²) < 4.78 is 29.0. The molecule has 106 valence electrons. The summed E-state index contributed by atoms with van der Waals surface area (Å²) in [7, 11) is -1.15. The fraction of sp³-hybridized carbons (Fsp3) is 0.538. The molecule has 0 amide bonds. The minimum atomic E-state index is -2.81. The van der Waals surface area contributed by atoms with Gasteiger partial charge in [0.2, 0.25) is 0 Å². The van der Waals surface area contributed by atoms with Gasteiger partial charge in [-0.1, -0.05) is 22.0 Å². The summed E-state index contributed by atoms with van der Waals surface area (Å²) in [6, 6.07) is 6.16. The monoisotopic (exact) mass is 347 g/mol. The van der Waals surface area contributed by atoms with Crippen molar-refractivity contribution in [1.29, 1.82) is 0 Å². The number of halogens is 1. The molecule has 0 bridgehead atoms. The Labute approximate surface area is 122 Å². The number of sulfone groups is 1.